The van der Waals surface area contributed by atoms with E-state index in [9.17, 15) is 26.3 Å². The van der Waals surface area contributed by atoms with Gasteiger partial charge >= 0.3 is 12.4 Å². The average molecular weight is 412 g/mol. The van der Waals surface area contributed by atoms with Crippen LogP contribution in [0, 0.1) is 0 Å². The van der Waals surface area contributed by atoms with E-state index in [-0.39, 0.29) is 43.0 Å². The molecule has 0 unspecified atom stereocenters. The molecule has 12 heteroatoms. The predicted molar refractivity (Wildman–Crippen MR) is 85.7 cm³/mol. The molecule has 1 aliphatic rings. The summed E-state index contributed by atoms with van der Waals surface area (Å²) in [5.41, 5.74) is -1.99. The van der Waals surface area contributed by atoms with Crippen LogP contribution in [0.4, 0.5) is 38.1 Å². The Morgan fingerprint density at radius 2 is 1.52 bits per heavy atom. The lowest BCUT2D eigenvalue weighted by Crippen LogP contribution is -2.47. The Balaban J connectivity index is 1.71. The van der Waals surface area contributed by atoms with Crippen molar-refractivity contribution >= 4 is 23.4 Å². The van der Waals surface area contributed by atoms with Gasteiger partial charge in [0.05, 0.1) is 10.6 Å². The van der Waals surface area contributed by atoms with Crippen LogP contribution in [0.15, 0.2) is 24.5 Å². The largest absolute Gasteiger partial charge is 0.433 e. The maximum Gasteiger partial charge on any atom is 0.433 e. The van der Waals surface area contributed by atoms with Crippen LogP contribution in [0.3, 0.4) is 0 Å². The van der Waals surface area contributed by atoms with Gasteiger partial charge in [-0.05, 0) is 12.1 Å². The van der Waals surface area contributed by atoms with E-state index in [0.717, 1.165) is 18.3 Å². The number of hydrogen-bond acceptors (Lipinski definition) is 5. The Labute approximate surface area is 154 Å². The van der Waals surface area contributed by atoms with Crippen LogP contribution in [0.25, 0.3) is 0 Å². The molecular formula is C15H12ClF6N5. The van der Waals surface area contributed by atoms with Crippen LogP contribution in [0.1, 0.15) is 11.3 Å². The molecule has 0 saturated carbocycles. The fourth-order valence-electron chi connectivity index (χ4n) is 2.60. The number of aromatic nitrogens is 3. The Bertz CT molecular complexity index is 817. The molecule has 0 aliphatic carbocycles. The summed E-state index contributed by atoms with van der Waals surface area (Å²) in [6.07, 6.45) is -7.39. The Hall–Kier alpha value is -2.30. The predicted octanol–water partition coefficient (Wildman–Crippen LogP) is 3.89. The first-order valence-corrected chi connectivity index (χ1v) is 8.06. The zero-order chi connectivity index (χ0) is 19.8. The maximum atomic E-state index is 12.8. The zero-order valence-electron chi connectivity index (χ0n) is 13.5. The summed E-state index contributed by atoms with van der Waals surface area (Å²) in [6, 6.07) is 1.58. The van der Waals surface area contributed by atoms with Gasteiger partial charge < -0.3 is 9.80 Å². The van der Waals surface area contributed by atoms with Gasteiger partial charge in [-0.25, -0.2) is 15.0 Å². The van der Waals surface area contributed by atoms with Crippen molar-refractivity contribution in [3.8, 4) is 0 Å². The van der Waals surface area contributed by atoms with Crippen molar-refractivity contribution in [2.45, 2.75) is 12.4 Å². The number of alkyl halides is 6. The number of pyridine rings is 1. The van der Waals surface area contributed by atoms with Gasteiger partial charge in [-0.1, -0.05) is 11.6 Å². The number of hydrogen-bond donors (Lipinski definition) is 0. The molecule has 0 aromatic carbocycles. The highest BCUT2D eigenvalue weighted by Crippen LogP contribution is 2.34. The van der Waals surface area contributed by atoms with E-state index in [4.69, 9.17) is 11.6 Å². The Morgan fingerprint density at radius 1 is 0.889 bits per heavy atom. The van der Waals surface area contributed by atoms with Gasteiger partial charge in [-0.3, -0.25) is 0 Å². The monoisotopic (exact) mass is 411 g/mol. The second kappa shape index (κ2) is 7.02. The lowest BCUT2D eigenvalue weighted by molar-refractivity contribution is -0.141. The molecule has 3 heterocycles. The SMILES string of the molecule is FC(F)(F)c1cnc(N2CCN(c3nccc(C(F)(F)F)n3)CC2)c(Cl)c1. The number of halogens is 7. The maximum absolute atomic E-state index is 12.8. The molecule has 1 aliphatic heterocycles. The molecule has 0 amide bonds. The first-order valence-electron chi connectivity index (χ1n) is 7.68. The number of nitrogens with zero attached hydrogens (tertiary/aromatic N) is 5. The molecule has 0 radical (unpaired) electrons. The molecule has 0 N–H and O–H groups in total. The smallest absolute Gasteiger partial charge is 0.352 e. The standard InChI is InChI=1S/C15H12ClF6N5/c16-10-7-9(14(17,18)19)8-24-12(10)26-3-5-27(6-4-26)13-23-2-1-11(25-13)15(20,21)22/h1-2,7-8H,3-6H2. The van der Waals surface area contributed by atoms with Crippen LogP contribution < -0.4 is 9.80 Å². The number of rotatable bonds is 2. The molecule has 2 aromatic heterocycles. The van der Waals surface area contributed by atoms with Gasteiger partial charge in [0.15, 0.2) is 0 Å². The van der Waals surface area contributed by atoms with Crippen molar-refractivity contribution in [2.75, 3.05) is 36.0 Å². The summed E-state index contributed by atoms with van der Waals surface area (Å²) in [7, 11) is 0. The van der Waals surface area contributed by atoms with E-state index in [1.54, 1.807) is 9.80 Å². The molecule has 27 heavy (non-hydrogen) atoms. The van der Waals surface area contributed by atoms with Gasteiger partial charge in [0.1, 0.15) is 11.5 Å². The third-order valence-corrected chi connectivity index (χ3v) is 4.22. The minimum Gasteiger partial charge on any atom is -0.352 e. The van der Waals surface area contributed by atoms with Crippen molar-refractivity contribution in [2.24, 2.45) is 0 Å². The minimum atomic E-state index is -4.57. The van der Waals surface area contributed by atoms with Crippen LogP contribution in [-0.4, -0.2) is 41.1 Å². The van der Waals surface area contributed by atoms with Crippen LogP contribution in [0.5, 0.6) is 0 Å². The van der Waals surface area contributed by atoms with Gasteiger partial charge in [0.25, 0.3) is 0 Å². The van der Waals surface area contributed by atoms with Gasteiger partial charge in [0, 0.05) is 38.6 Å². The van der Waals surface area contributed by atoms with E-state index in [2.05, 4.69) is 15.0 Å². The Morgan fingerprint density at radius 3 is 2.07 bits per heavy atom. The normalized spacial score (nSPS) is 16.0. The summed E-state index contributed by atoms with van der Waals surface area (Å²) < 4.78 is 76.3. The Kier molecular flexibility index (Phi) is 5.06. The molecule has 3 rings (SSSR count). The van der Waals surface area contributed by atoms with Gasteiger partial charge in [0.2, 0.25) is 5.95 Å². The first-order chi connectivity index (χ1) is 12.6. The highest BCUT2D eigenvalue weighted by atomic mass is 35.5. The molecule has 5 nitrogen and oxygen atoms in total. The average Bonchev–Trinajstić information content (AvgIpc) is 2.60. The van der Waals surface area contributed by atoms with Crippen LogP contribution in [-0.2, 0) is 12.4 Å². The lowest BCUT2D eigenvalue weighted by atomic mass is 10.2. The quantitative estimate of drug-likeness (QED) is 0.702. The van der Waals surface area contributed by atoms with Gasteiger partial charge in [-0.2, -0.15) is 26.3 Å². The summed E-state index contributed by atoms with van der Waals surface area (Å²) in [6.45, 7) is 1.11. The summed E-state index contributed by atoms with van der Waals surface area (Å²) in [4.78, 5) is 14.4. The summed E-state index contributed by atoms with van der Waals surface area (Å²) in [5.74, 6) is 0.130. The van der Waals surface area contributed by atoms with E-state index < -0.39 is 23.6 Å². The fraction of sp³-hybridized carbons (Fsp3) is 0.400. The molecule has 0 spiro atoms. The van der Waals surface area contributed by atoms with Crippen molar-refractivity contribution in [3.05, 3.63) is 40.8 Å². The van der Waals surface area contributed by atoms with Gasteiger partial charge in [-0.15, -0.1) is 0 Å². The van der Waals surface area contributed by atoms with Crippen molar-refractivity contribution in [1.29, 1.82) is 0 Å². The lowest BCUT2D eigenvalue weighted by Gasteiger charge is -2.35. The molecule has 0 atom stereocenters. The fourth-order valence-corrected chi connectivity index (χ4v) is 2.88. The third kappa shape index (κ3) is 4.34. The molecule has 1 saturated heterocycles. The highest BCUT2D eigenvalue weighted by molar-refractivity contribution is 6.33. The minimum absolute atomic E-state index is 0.0593. The number of piperazine rings is 1. The van der Waals surface area contributed by atoms with E-state index in [1.165, 1.54) is 0 Å². The molecule has 0 bridgehead atoms. The third-order valence-electron chi connectivity index (χ3n) is 3.94. The topological polar surface area (TPSA) is 45.2 Å². The second-order valence-electron chi connectivity index (χ2n) is 5.74. The highest BCUT2D eigenvalue weighted by Gasteiger charge is 2.34. The molecule has 2 aromatic rings. The summed E-state index contributed by atoms with van der Waals surface area (Å²) >= 11 is 5.93. The van der Waals surface area contributed by atoms with E-state index in [0.29, 0.717) is 6.20 Å². The van der Waals surface area contributed by atoms with Crippen LogP contribution >= 0.6 is 11.6 Å². The molecular weight excluding hydrogens is 400 g/mol. The van der Waals surface area contributed by atoms with Crippen LogP contribution in [0.2, 0.25) is 5.02 Å². The zero-order valence-corrected chi connectivity index (χ0v) is 14.3. The summed E-state index contributed by atoms with van der Waals surface area (Å²) in [5, 5.41) is -0.145. The first kappa shape index (κ1) is 19.5. The molecule has 146 valence electrons. The van der Waals surface area contributed by atoms with Crippen molar-refractivity contribution < 1.29 is 26.3 Å². The van der Waals surface area contributed by atoms with E-state index in [1.807, 2.05) is 0 Å². The van der Waals surface area contributed by atoms with Crippen molar-refractivity contribution in [3.63, 3.8) is 0 Å². The second-order valence-corrected chi connectivity index (χ2v) is 6.15. The molecule has 1 fully saturated rings. The number of anilines is 2. The van der Waals surface area contributed by atoms with Crippen molar-refractivity contribution in [1.82, 2.24) is 15.0 Å². The van der Waals surface area contributed by atoms with E-state index >= 15 is 0 Å².